The van der Waals surface area contributed by atoms with Gasteiger partial charge in [-0.2, -0.15) is 0 Å². The van der Waals surface area contributed by atoms with Gasteiger partial charge in [-0.15, -0.1) is 0 Å². The van der Waals surface area contributed by atoms with Crippen molar-refractivity contribution in [3.63, 3.8) is 0 Å². The van der Waals surface area contributed by atoms with E-state index < -0.39 is 23.3 Å². The Kier molecular flexibility index (Phi) is 5.81. The van der Waals surface area contributed by atoms with Gasteiger partial charge in [0, 0.05) is 32.2 Å². The van der Waals surface area contributed by atoms with Gasteiger partial charge in [0.15, 0.2) is 18.2 Å². The highest BCUT2D eigenvalue weighted by atomic mass is 19.1. The molecule has 8 heteroatoms. The minimum absolute atomic E-state index is 0.179. The Balaban J connectivity index is 1.80. The van der Waals surface area contributed by atoms with Gasteiger partial charge in [0.05, 0.1) is 0 Å². The molecule has 0 spiro atoms. The van der Waals surface area contributed by atoms with Crippen LogP contribution >= 0.6 is 0 Å². The Morgan fingerprint density at radius 2 is 1.68 bits per heavy atom. The minimum atomic E-state index is -0.859. The lowest BCUT2D eigenvalue weighted by atomic mass is 10.2. The third-order valence-electron chi connectivity index (χ3n) is 3.53. The molecule has 0 N–H and O–H groups in total. The maximum Gasteiger partial charge on any atom is 0.410 e. The number of benzene rings is 1. The fourth-order valence-corrected chi connectivity index (χ4v) is 2.29. The summed E-state index contributed by atoms with van der Waals surface area (Å²) in [5, 5.41) is 0. The van der Waals surface area contributed by atoms with Crippen LogP contribution in [0.3, 0.4) is 0 Å². The minimum Gasteiger partial charge on any atom is -0.481 e. The number of carbonyl (C=O) groups is 2. The van der Waals surface area contributed by atoms with Crippen LogP contribution in [-0.2, 0) is 9.53 Å². The number of hydrogen-bond acceptors (Lipinski definition) is 4. The highest BCUT2D eigenvalue weighted by Crippen LogP contribution is 2.18. The fourth-order valence-electron chi connectivity index (χ4n) is 2.29. The molecule has 0 bridgehead atoms. The van der Waals surface area contributed by atoms with Crippen LogP contribution in [-0.4, -0.2) is 60.2 Å². The monoisotopic (exact) mass is 356 g/mol. The van der Waals surface area contributed by atoms with Crippen LogP contribution in [0.25, 0.3) is 0 Å². The maximum atomic E-state index is 13.5. The van der Waals surface area contributed by atoms with Crippen molar-refractivity contribution in [2.75, 3.05) is 32.8 Å². The smallest absolute Gasteiger partial charge is 0.410 e. The van der Waals surface area contributed by atoms with E-state index in [1.165, 1.54) is 9.80 Å². The number of halogens is 2. The van der Waals surface area contributed by atoms with Crippen molar-refractivity contribution in [3.05, 3.63) is 29.8 Å². The van der Waals surface area contributed by atoms with Crippen LogP contribution in [0.5, 0.6) is 5.75 Å². The summed E-state index contributed by atoms with van der Waals surface area (Å²) >= 11 is 0. The lowest BCUT2D eigenvalue weighted by Crippen LogP contribution is -2.52. The molecule has 1 saturated heterocycles. The molecule has 0 unspecified atom stereocenters. The van der Waals surface area contributed by atoms with Gasteiger partial charge in [0.25, 0.3) is 5.91 Å². The molecule has 2 rings (SSSR count). The van der Waals surface area contributed by atoms with E-state index in [9.17, 15) is 18.4 Å². The molecule has 1 aliphatic rings. The molecule has 0 aliphatic carbocycles. The lowest BCUT2D eigenvalue weighted by molar-refractivity contribution is -0.135. The summed E-state index contributed by atoms with van der Waals surface area (Å²) in [7, 11) is 0. The van der Waals surface area contributed by atoms with Crippen LogP contribution < -0.4 is 4.74 Å². The lowest BCUT2D eigenvalue weighted by Gasteiger charge is -2.35. The number of nitrogens with zero attached hydrogens (tertiary/aromatic N) is 2. The number of ether oxygens (including phenoxy) is 2. The summed E-state index contributed by atoms with van der Waals surface area (Å²) in [6, 6.07) is 2.89. The van der Waals surface area contributed by atoms with Crippen LogP contribution in [0.1, 0.15) is 20.8 Å². The Bertz CT molecular complexity index is 638. The highest BCUT2D eigenvalue weighted by molar-refractivity contribution is 5.78. The molecule has 1 aromatic carbocycles. The van der Waals surface area contributed by atoms with E-state index in [1.54, 1.807) is 20.8 Å². The number of rotatable bonds is 3. The Morgan fingerprint density at radius 1 is 1.08 bits per heavy atom. The second-order valence-corrected chi connectivity index (χ2v) is 6.71. The first kappa shape index (κ1) is 19.0. The molecule has 1 aliphatic heterocycles. The normalized spacial score (nSPS) is 15.1. The van der Waals surface area contributed by atoms with Gasteiger partial charge >= 0.3 is 6.09 Å². The number of carbonyl (C=O) groups excluding carboxylic acids is 2. The number of hydrogen-bond donors (Lipinski definition) is 0. The van der Waals surface area contributed by atoms with Crippen molar-refractivity contribution in [3.8, 4) is 5.75 Å². The molecule has 6 nitrogen and oxygen atoms in total. The van der Waals surface area contributed by atoms with E-state index in [4.69, 9.17) is 9.47 Å². The van der Waals surface area contributed by atoms with Gasteiger partial charge in [0.1, 0.15) is 11.4 Å². The molecule has 2 amide bonds. The van der Waals surface area contributed by atoms with E-state index in [1.807, 2.05) is 0 Å². The van der Waals surface area contributed by atoms with Crippen LogP contribution in [0, 0.1) is 11.6 Å². The summed E-state index contributed by atoms with van der Waals surface area (Å²) in [4.78, 5) is 27.2. The van der Waals surface area contributed by atoms with Gasteiger partial charge in [-0.3, -0.25) is 4.79 Å². The summed E-state index contributed by atoms with van der Waals surface area (Å²) in [6.07, 6.45) is -0.413. The van der Waals surface area contributed by atoms with E-state index >= 15 is 0 Å². The number of piperazine rings is 1. The van der Waals surface area contributed by atoms with Crippen molar-refractivity contribution in [2.45, 2.75) is 26.4 Å². The van der Waals surface area contributed by atoms with E-state index in [0.717, 1.165) is 12.1 Å². The molecular formula is C17H22F2N2O4. The summed E-state index contributed by atoms with van der Waals surface area (Å²) in [5.74, 6) is -2.08. The van der Waals surface area contributed by atoms with Crippen LogP contribution in [0.4, 0.5) is 13.6 Å². The second-order valence-electron chi connectivity index (χ2n) is 6.71. The highest BCUT2D eigenvalue weighted by Gasteiger charge is 2.27. The van der Waals surface area contributed by atoms with Gasteiger partial charge < -0.3 is 19.3 Å². The van der Waals surface area contributed by atoms with Gasteiger partial charge in [-0.05, 0) is 32.9 Å². The molecule has 1 aromatic rings. The van der Waals surface area contributed by atoms with E-state index in [0.29, 0.717) is 32.2 Å². The molecule has 138 valence electrons. The number of amides is 2. The van der Waals surface area contributed by atoms with E-state index in [-0.39, 0.29) is 18.3 Å². The van der Waals surface area contributed by atoms with Crippen molar-refractivity contribution < 1.29 is 27.8 Å². The van der Waals surface area contributed by atoms with Gasteiger partial charge in [-0.25, -0.2) is 13.6 Å². The van der Waals surface area contributed by atoms with Crippen molar-refractivity contribution in [1.29, 1.82) is 0 Å². The zero-order valence-electron chi connectivity index (χ0n) is 14.6. The summed E-state index contributed by atoms with van der Waals surface area (Å²) in [5.41, 5.74) is -0.572. The zero-order chi connectivity index (χ0) is 18.6. The largest absolute Gasteiger partial charge is 0.481 e. The summed E-state index contributed by atoms with van der Waals surface area (Å²) in [6.45, 7) is 6.40. The average molecular weight is 356 g/mol. The molecule has 0 aromatic heterocycles. The third kappa shape index (κ3) is 5.58. The Labute approximate surface area is 145 Å². The summed E-state index contributed by atoms with van der Waals surface area (Å²) < 4.78 is 36.7. The predicted octanol–water partition coefficient (Wildman–Crippen LogP) is 2.42. The second kappa shape index (κ2) is 7.67. The molecule has 1 fully saturated rings. The third-order valence-corrected chi connectivity index (χ3v) is 3.53. The molecule has 0 radical (unpaired) electrons. The molecular weight excluding hydrogens is 334 g/mol. The fraction of sp³-hybridized carbons (Fsp3) is 0.529. The van der Waals surface area contributed by atoms with Crippen LogP contribution in [0.15, 0.2) is 18.2 Å². The van der Waals surface area contributed by atoms with Crippen molar-refractivity contribution in [1.82, 2.24) is 9.80 Å². The van der Waals surface area contributed by atoms with Crippen molar-refractivity contribution >= 4 is 12.0 Å². The molecule has 1 heterocycles. The predicted molar refractivity (Wildman–Crippen MR) is 86.2 cm³/mol. The zero-order valence-corrected chi connectivity index (χ0v) is 14.6. The van der Waals surface area contributed by atoms with Crippen LogP contribution in [0.2, 0.25) is 0 Å². The quantitative estimate of drug-likeness (QED) is 0.835. The van der Waals surface area contributed by atoms with Gasteiger partial charge in [-0.1, -0.05) is 0 Å². The van der Waals surface area contributed by atoms with E-state index in [2.05, 4.69) is 0 Å². The Hall–Kier alpha value is -2.38. The first-order chi connectivity index (χ1) is 11.7. The first-order valence-electron chi connectivity index (χ1n) is 7.99. The topological polar surface area (TPSA) is 59.1 Å². The average Bonchev–Trinajstić information content (AvgIpc) is 2.52. The Morgan fingerprint density at radius 3 is 2.24 bits per heavy atom. The van der Waals surface area contributed by atoms with Crippen molar-refractivity contribution in [2.24, 2.45) is 0 Å². The SMILES string of the molecule is CC(C)(C)OC(=O)N1CCN(C(=O)COc2ccc(F)cc2F)CC1. The van der Waals surface area contributed by atoms with Gasteiger partial charge in [0.2, 0.25) is 0 Å². The molecule has 0 saturated carbocycles. The maximum absolute atomic E-state index is 13.5. The standard InChI is InChI=1S/C17H22F2N2O4/c1-17(2,3)25-16(23)21-8-6-20(7-9-21)15(22)11-24-14-5-4-12(18)10-13(14)19/h4-5,10H,6-9,11H2,1-3H3. The molecule has 0 atom stereocenters. The first-order valence-corrected chi connectivity index (χ1v) is 7.99. The molecule has 25 heavy (non-hydrogen) atoms.